The number of hydrogen-bond donors (Lipinski definition) is 1. The zero-order chi connectivity index (χ0) is 9.64. The lowest BCUT2D eigenvalue weighted by Gasteiger charge is -2.00. The van der Waals surface area contributed by atoms with Crippen LogP contribution in [0.4, 0.5) is 13.2 Å². The minimum absolute atomic E-state index is 0.243. The Labute approximate surface area is 69.2 Å². The van der Waals surface area contributed by atoms with Gasteiger partial charge in [-0.05, 0) is 0 Å². The predicted octanol–water partition coefficient (Wildman–Crippen LogP) is 1.89. The lowest BCUT2D eigenvalue weighted by atomic mass is 10.3. The number of oxazole rings is 1. The van der Waals surface area contributed by atoms with Crippen molar-refractivity contribution in [1.29, 1.82) is 0 Å². The number of halogens is 3. The fraction of sp³-hybridized carbons (Fsp3) is 0.167. The molecular weight excluding hydrogens is 189 g/mol. The maximum Gasteiger partial charge on any atom is 0.421 e. The molecule has 0 saturated carbocycles. The highest BCUT2D eigenvalue weighted by molar-refractivity contribution is 5.73. The van der Waals surface area contributed by atoms with Gasteiger partial charge < -0.3 is 9.62 Å². The van der Waals surface area contributed by atoms with E-state index in [2.05, 4.69) is 9.40 Å². The summed E-state index contributed by atoms with van der Waals surface area (Å²) in [7, 11) is 0. The van der Waals surface area contributed by atoms with Gasteiger partial charge >= 0.3 is 6.18 Å². The molecule has 2 aromatic rings. The van der Waals surface area contributed by atoms with Gasteiger partial charge in [-0.25, -0.2) is 0 Å². The van der Waals surface area contributed by atoms with Crippen LogP contribution in [0.25, 0.3) is 11.2 Å². The molecule has 70 valence electrons. The molecule has 7 heteroatoms. The van der Waals surface area contributed by atoms with Crippen LogP contribution >= 0.6 is 0 Å². The Morgan fingerprint density at radius 2 is 2.15 bits per heavy atom. The zero-order valence-corrected chi connectivity index (χ0v) is 6.04. The second kappa shape index (κ2) is 2.18. The summed E-state index contributed by atoms with van der Waals surface area (Å²) < 4.78 is 41.4. The number of aromatic nitrogens is 2. The van der Waals surface area contributed by atoms with Crippen LogP contribution in [-0.2, 0) is 6.18 Å². The Balaban J connectivity index is 2.76. The van der Waals surface area contributed by atoms with E-state index in [1.165, 1.54) is 0 Å². The Bertz CT molecular complexity index is 442. The molecule has 0 atom stereocenters. The average Bonchev–Trinajstić information content (AvgIpc) is 2.51. The fourth-order valence-corrected chi connectivity index (χ4v) is 1.03. The van der Waals surface area contributed by atoms with E-state index in [1.807, 2.05) is 0 Å². The second-order valence-corrected chi connectivity index (χ2v) is 2.39. The third-order valence-corrected chi connectivity index (χ3v) is 1.57. The molecule has 0 aliphatic heterocycles. The smallest absolute Gasteiger partial charge is 0.421 e. The molecule has 0 unspecified atom stereocenters. The van der Waals surface area contributed by atoms with Crippen molar-refractivity contribution < 1.29 is 22.8 Å². The van der Waals surface area contributed by atoms with Gasteiger partial charge in [0, 0.05) is 0 Å². The van der Waals surface area contributed by atoms with Crippen molar-refractivity contribution in [1.82, 2.24) is 9.71 Å². The summed E-state index contributed by atoms with van der Waals surface area (Å²) in [4.78, 5) is 3.40. The topological polar surface area (TPSA) is 51.2 Å². The van der Waals surface area contributed by atoms with Gasteiger partial charge in [0.1, 0.15) is 5.56 Å². The van der Waals surface area contributed by atoms with Crippen LogP contribution in [-0.4, -0.2) is 14.9 Å². The third-order valence-electron chi connectivity index (χ3n) is 1.57. The first-order valence-corrected chi connectivity index (χ1v) is 3.21. The summed E-state index contributed by atoms with van der Waals surface area (Å²) in [5, 5.41) is 8.94. The number of nitrogens with zero attached hydrogens (tertiary/aromatic N) is 2. The van der Waals surface area contributed by atoms with Crippen LogP contribution in [0.3, 0.4) is 0 Å². The van der Waals surface area contributed by atoms with Crippen LogP contribution in [0.2, 0.25) is 0 Å². The summed E-state index contributed by atoms with van der Waals surface area (Å²) >= 11 is 0. The van der Waals surface area contributed by atoms with Crippen LogP contribution in [0.15, 0.2) is 17.0 Å². The molecule has 2 rings (SSSR count). The molecule has 13 heavy (non-hydrogen) atoms. The summed E-state index contributed by atoms with van der Waals surface area (Å²) in [6.07, 6.45) is -3.19. The first-order valence-electron chi connectivity index (χ1n) is 3.21. The number of alkyl halides is 3. The summed E-state index contributed by atoms with van der Waals surface area (Å²) in [5.74, 6) is 0. The SMILES string of the molecule is On1cc(C(F)(F)F)c2ocnc21. The highest BCUT2D eigenvalue weighted by Gasteiger charge is 2.37. The van der Waals surface area contributed by atoms with E-state index in [0.29, 0.717) is 6.20 Å². The molecule has 2 heterocycles. The summed E-state index contributed by atoms with van der Waals surface area (Å²) in [5.41, 5.74) is -1.75. The molecule has 0 fully saturated rings. The number of rotatable bonds is 0. The minimum Gasteiger partial charge on any atom is -0.441 e. The molecule has 0 aliphatic carbocycles. The van der Waals surface area contributed by atoms with Crippen molar-refractivity contribution >= 4 is 11.2 Å². The van der Waals surface area contributed by atoms with E-state index in [0.717, 1.165) is 6.39 Å². The molecular formula is C6H3F3N2O2. The Kier molecular flexibility index (Phi) is 1.34. The average molecular weight is 192 g/mol. The third kappa shape index (κ3) is 1.04. The van der Waals surface area contributed by atoms with Gasteiger partial charge in [0.05, 0.1) is 6.20 Å². The van der Waals surface area contributed by atoms with Crippen LogP contribution in [0.5, 0.6) is 0 Å². The highest BCUT2D eigenvalue weighted by Crippen LogP contribution is 2.35. The van der Waals surface area contributed by atoms with Gasteiger partial charge in [0.2, 0.25) is 5.65 Å². The first kappa shape index (κ1) is 7.96. The fourth-order valence-electron chi connectivity index (χ4n) is 1.03. The molecule has 0 spiro atoms. The Morgan fingerprint density at radius 3 is 2.77 bits per heavy atom. The Morgan fingerprint density at radius 1 is 1.46 bits per heavy atom. The molecule has 0 bridgehead atoms. The molecule has 0 aromatic carbocycles. The van der Waals surface area contributed by atoms with Gasteiger partial charge in [-0.1, -0.05) is 0 Å². The zero-order valence-electron chi connectivity index (χ0n) is 6.04. The van der Waals surface area contributed by atoms with Crippen molar-refractivity contribution in [3.63, 3.8) is 0 Å². The van der Waals surface area contributed by atoms with Gasteiger partial charge in [0.25, 0.3) is 0 Å². The highest BCUT2D eigenvalue weighted by atomic mass is 19.4. The van der Waals surface area contributed by atoms with Crippen LogP contribution in [0.1, 0.15) is 5.56 Å². The van der Waals surface area contributed by atoms with E-state index in [1.54, 1.807) is 0 Å². The molecule has 4 nitrogen and oxygen atoms in total. The standard InChI is InChI=1S/C6H3F3N2O2/c7-6(8,9)3-1-11(12)5-4(3)13-2-10-5/h1-2,12H. The van der Waals surface area contributed by atoms with E-state index in [-0.39, 0.29) is 10.4 Å². The van der Waals surface area contributed by atoms with E-state index >= 15 is 0 Å². The molecule has 0 saturated heterocycles. The van der Waals surface area contributed by atoms with Crippen molar-refractivity contribution in [2.45, 2.75) is 6.18 Å². The quantitative estimate of drug-likeness (QED) is 0.648. The lowest BCUT2D eigenvalue weighted by molar-refractivity contribution is -0.137. The van der Waals surface area contributed by atoms with Crippen molar-refractivity contribution in [2.75, 3.05) is 0 Å². The van der Waals surface area contributed by atoms with Gasteiger partial charge in [-0.3, -0.25) is 0 Å². The molecule has 2 aromatic heterocycles. The monoisotopic (exact) mass is 192 g/mol. The number of hydrogen-bond acceptors (Lipinski definition) is 3. The van der Waals surface area contributed by atoms with Gasteiger partial charge in [-0.2, -0.15) is 22.9 Å². The van der Waals surface area contributed by atoms with E-state index < -0.39 is 17.3 Å². The van der Waals surface area contributed by atoms with Gasteiger partial charge in [-0.15, -0.1) is 0 Å². The van der Waals surface area contributed by atoms with Crippen molar-refractivity contribution in [3.05, 3.63) is 18.2 Å². The molecule has 0 radical (unpaired) electrons. The molecule has 1 N–H and O–H groups in total. The number of fused-ring (bicyclic) bond motifs is 1. The molecule has 0 aliphatic rings. The Hall–Kier alpha value is -1.66. The summed E-state index contributed by atoms with van der Waals surface area (Å²) in [6.45, 7) is 0. The molecule has 0 amide bonds. The maximum absolute atomic E-state index is 12.2. The second-order valence-electron chi connectivity index (χ2n) is 2.39. The first-order chi connectivity index (χ1) is 6.00. The van der Waals surface area contributed by atoms with Crippen LogP contribution < -0.4 is 0 Å². The van der Waals surface area contributed by atoms with E-state index in [4.69, 9.17) is 5.21 Å². The maximum atomic E-state index is 12.2. The minimum atomic E-state index is -4.55. The normalized spacial score (nSPS) is 12.5. The lowest BCUT2D eigenvalue weighted by Crippen LogP contribution is -2.03. The largest absolute Gasteiger partial charge is 0.441 e. The van der Waals surface area contributed by atoms with E-state index in [9.17, 15) is 13.2 Å². The summed E-state index contributed by atoms with van der Waals surface area (Å²) in [6, 6.07) is 0. The predicted molar refractivity (Wildman–Crippen MR) is 34.2 cm³/mol. The van der Waals surface area contributed by atoms with Crippen molar-refractivity contribution in [3.8, 4) is 0 Å². The van der Waals surface area contributed by atoms with Gasteiger partial charge in [0.15, 0.2) is 12.0 Å². The van der Waals surface area contributed by atoms with Crippen LogP contribution in [0, 0.1) is 0 Å². The van der Waals surface area contributed by atoms with Crippen molar-refractivity contribution in [2.24, 2.45) is 0 Å².